The van der Waals surface area contributed by atoms with E-state index in [2.05, 4.69) is 34.6 Å². The highest BCUT2D eigenvalue weighted by Crippen LogP contribution is 2.33. The largest absolute Gasteiger partial charge is 0.326 e. The van der Waals surface area contributed by atoms with Crippen LogP contribution in [0.15, 0.2) is 0 Å². The monoisotopic (exact) mass is 157 g/mol. The number of nitrogens with two attached hydrogens (primary N) is 1. The Morgan fingerprint density at radius 2 is 1.36 bits per heavy atom. The summed E-state index contributed by atoms with van der Waals surface area (Å²) in [5.41, 5.74) is 6.40. The molecular weight excluding hydrogens is 134 g/mol. The highest BCUT2D eigenvalue weighted by atomic mass is 14.7. The van der Waals surface area contributed by atoms with Gasteiger partial charge in [-0.2, -0.15) is 0 Å². The molecule has 2 N–H and O–H groups in total. The molecule has 1 nitrogen and oxygen atoms in total. The Morgan fingerprint density at radius 1 is 1.00 bits per heavy atom. The summed E-state index contributed by atoms with van der Waals surface area (Å²) in [6.07, 6.45) is 3.57. The minimum absolute atomic E-state index is 0.0131. The van der Waals surface area contributed by atoms with Crippen LogP contribution in [0, 0.1) is 5.41 Å². The van der Waals surface area contributed by atoms with E-state index in [0.29, 0.717) is 5.41 Å². The fourth-order valence-corrected chi connectivity index (χ4v) is 1.60. The molecule has 0 amide bonds. The Hall–Kier alpha value is -0.0400. The molecule has 0 spiro atoms. The molecule has 68 valence electrons. The second-order valence-corrected chi connectivity index (χ2v) is 4.68. The average molecular weight is 157 g/mol. The van der Waals surface area contributed by atoms with Crippen LogP contribution in [0.3, 0.4) is 0 Å². The third-order valence-electron chi connectivity index (χ3n) is 2.59. The summed E-state index contributed by atoms with van der Waals surface area (Å²) in [4.78, 5) is 0. The van der Waals surface area contributed by atoms with Crippen molar-refractivity contribution in [3.63, 3.8) is 0 Å². The molecule has 11 heavy (non-hydrogen) atoms. The first-order valence-corrected chi connectivity index (χ1v) is 4.62. The van der Waals surface area contributed by atoms with E-state index < -0.39 is 0 Å². The fraction of sp³-hybridized carbons (Fsp3) is 1.00. The molecular formula is C10H23N. The van der Waals surface area contributed by atoms with Crippen LogP contribution in [-0.4, -0.2) is 5.54 Å². The second-order valence-electron chi connectivity index (χ2n) is 4.68. The zero-order valence-electron chi connectivity index (χ0n) is 8.70. The van der Waals surface area contributed by atoms with Crippen molar-refractivity contribution in [2.45, 2.75) is 59.4 Å². The normalized spacial score (nSPS) is 13.6. The summed E-state index contributed by atoms with van der Waals surface area (Å²) in [6, 6.07) is 0. The summed E-state index contributed by atoms with van der Waals surface area (Å²) >= 11 is 0. The third kappa shape index (κ3) is 4.41. The molecule has 0 saturated carbocycles. The highest BCUT2D eigenvalue weighted by Gasteiger charge is 2.26. The average Bonchev–Trinajstić information content (AvgIpc) is 1.84. The van der Waals surface area contributed by atoms with Gasteiger partial charge in [-0.15, -0.1) is 0 Å². The van der Waals surface area contributed by atoms with Gasteiger partial charge in [-0.05, 0) is 25.7 Å². The first kappa shape index (κ1) is 11.0. The maximum atomic E-state index is 5.97. The predicted octanol–water partition coefficient (Wildman–Crippen LogP) is 2.94. The molecule has 0 fully saturated rings. The molecule has 0 unspecified atom stereocenters. The zero-order valence-corrected chi connectivity index (χ0v) is 8.70. The number of hydrogen-bond acceptors (Lipinski definition) is 1. The van der Waals surface area contributed by atoms with Crippen LogP contribution >= 0.6 is 0 Å². The van der Waals surface area contributed by atoms with Gasteiger partial charge in [-0.3, -0.25) is 0 Å². The molecule has 0 aromatic heterocycles. The Kier molecular flexibility index (Phi) is 3.56. The third-order valence-corrected chi connectivity index (χ3v) is 2.59. The Bertz CT molecular complexity index is 107. The zero-order chi connectivity index (χ0) is 9.12. The van der Waals surface area contributed by atoms with Gasteiger partial charge in [0.1, 0.15) is 0 Å². The van der Waals surface area contributed by atoms with Crippen molar-refractivity contribution in [1.82, 2.24) is 0 Å². The summed E-state index contributed by atoms with van der Waals surface area (Å²) in [7, 11) is 0. The molecule has 0 heterocycles. The molecule has 1 heteroatoms. The first-order chi connectivity index (χ1) is 4.83. The minimum atomic E-state index is -0.0131. The lowest BCUT2D eigenvalue weighted by atomic mass is 9.75. The van der Waals surface area contributed by atoms with Gasteiger partial charge in [0.25, 0.3) is 0 Å². The van der Waals surface area contributed by atoms with E-state index in [4.69, 9.17) is 5.73 Å². The van der Waals surface area contributed by atoms with E-state index in [-0.39, 0.29) is 5.54 Å². The van der Waals surface area contributed by atoms with Crippen molar-refractivity contribution in [2.24, 2.45) is 11.1 Å². The maximum absolute atomic E-state index is 5.97. The van der Waals surface area contributed by atoms with Crippen molar-refractivity contribution in [1.29, 1.82) is 0 Å². The second kappa shape index (κ2) is 3.57. The van der Waals surface area contributed by atoms with Crippen LogP contribution in [0.25, 0.3) is 0 Å². The molecule has 0 aliphatic heterocycles. The van der Waals surface area contributed by atoms with Crippen LogP contribution < -0.4 is 5.73 Å². The van der Waals surface area contributed by atoms with Crippen molar-refractivity contribution in [2.75, 3.05) is 0 Å². The molecule has 0 aromatic rings. The highest BCUT2D eigenvalue weighted by molar-refractivity contribution is 4.83. The van der Waals surface area contributed by atoms with E-state index in [9.17, 15) is 0 Å². The lowest BCUT2D eigenvalue weighted by molar-refractivity contribution is 0.215. The number of rotatable bonds is 4. The van der Waals surface area contributed by atoms with Crippen molar-refractivity contribution < 1.29 is 0 Å². The molecule has 0 radical (unpaired) electrons. The summed E-state index contributed by atoms with van der Waals surface area (Å²) in [6.45, 7) is 11.0. The summed E-state index contributed by atoms with van der Waals surface area (Å²) < 4.78 is 0. The van der Waals surface area contributed by atoms with Crippen LogP contribution in [0.4, 0.5) is 0 Å². The van der Waals surface area contributed by atoms with Crippen LogP contribution in [0.1, 0.15) is 53.9 Å². The van der Waals surface area contributed by atoms with Gasteiger partial charge in [0.15, 0.2) is 0 Å². The summed E-state index contributed by atoms with van der Waals surface area (Å²) in [5, 5.41) is 0. The van der Waals surface area contributed by atoms with Crippen molar-refractivity contribution >= 4 is 0 Å². The molecule has 0 rings (SSSR count). The molecule has 0 atom stereocenters. The topological polar surface area (TPSA) is 26.0 Å². The number of hydrogen-bond donors (Lipinski definition) is 1. The van der Waals surface area contributed by atoms with E-state index in [0.717, 1.165) is 6.42 Å². The lowest BCUT2D eigenvalue weighted by Gasteiger charge is -2.33. The minimum Gasteiger partial charge on any atom is -0.326 e. The van der Waals surface area contributed by atoms with Crippen LogP contribution in [0.2, 0.25) is 0 Å². The standard InChI is InChI=1S/C10H23N/c1-6-10(5,7-2)8-9(3,4)11/h6-8,11H2,1-5H3. The fourth-order valence-electron chi connectivity index (χ4n) is 1.60. The SMILES string of the molecule is CCC(C)(CC)CC(C)(C)N. The maximum Gasteiger partial charge on any atom is 0.0102 e. The first-order valence-electron chi connectivity index (χ1n) is 4.62. The van der Waals surface area contributed by atoms with Gasteiger partial charge in [0, 0.05) is 5.54 Å². The molecule has 0 bridgehead atoms. The van der Waals surface area contributed by atoms with Gasteiger partial charge < -0.3 is 5.73 Å². The molecule has 0 aliphatic carbocycles. The van der Waals surface area contributed by atoms with Crippen LogP contribution in [0.5, 0.6) is 0 Å². The molecule has 0 saturated heterocycles. The Balaban J connectivity index is 4.08. The van der Waals surface area contributed by atoms with Gasteiger partial charge in [-0.25, -0.2) is 0 Å². The van der Waals surface area contributed by atoms with Gasteiger partial charge in [-0.1, -0.05) is 33.6 Å². The molecule has 0 aliphatic rings. The van der Waals surface area contributed by atoms with Crippen molar-refractivity contribution in [3.8, 4) is 0 Å². The van der Waals surface area contributed by atoms with E-state index in [1.807, 2.05) is 0 Å². The van der Waals surface area contributed by atoms with Crippen molar-refractivity contribution in [3.05, 3.63) is 0 Å². The predicted molar refractivity (Wildman–Crippen MR) is 51.6 cm³/mol. The Morgan fingerprint density at radius 3 is 1.45 bits per heavy atom. The van der Waals surface area contributed by atoms with E-state index >= 15 is 0 Å². The van der Waals surface area contributed by atoms with E-state index in [1.165, 1.54) is 12.8 Å². The van der Waals surface area contributed by atoms with Gasteiger partial charge in [0.05, 0.1) is 0 Å². The van der Waals surface area contributed by atoms with Crippen LogP contribution in [-0.2, 0) is 0 Å². The van der Waals surface area contributed by atoms with Gasteiger partial charge >= 0.3 is 0 Å². The van der Waals surface area contributed by atoms with Gasteiger partial charge in [0.2, 0.25) is 0 Å². The quantitative estimate of drug-likeness (QED) is 0.667. The Labute approximate surface area is 71.4 Å². The molecule has 0 aromatic carbocycles. The smallest absolute Gasteiger partial charge is 0.0102 e. The lowest BCUT2D eigenvalue weighted by Crippen LogP contribution is -2.38. The summed E-state index contributed by atoms with van der Waals surface area (Å²) in [5.74, 6) is 0. The van der Waals surface area contributed by atoms with E-state index in [1.54, 1.807) is 0 Å².